The van der Waals surface area contributed by atoms with Crippen molar-refractivity contribution in [3.8, 4) is 0 Å². The van der Waals surface area contributed by atoms with Crippen LogP contribution in [-0.4, -0.2) is 26.2 Å². The van der Waals surface area contributed by atoms with Gasteiger partial charge in [-0.15, -0.1) is 0 Å². The van der Waals surface area contributed by atoms with Crippen LogP contribution in [0.5, 0.6) is 0 Å². The molecule has 0 N–H and O–H groups in total. The van der Waals surface area contributed by atoms with Gasteiger partial charge in [0.1, 0.15) is 16.2 Å². The SMILES string of the molecule is O=S=C(c1ccccc1)N(C1CCCCC1)C1CCCCC1. The van der Waals surface area contributed by atoms with Crippen molar-refractivity contribution in [1.29, 1.82) is 0 Å². The summed E-state index contributed by atoms with van der Waals surface area (Å²) in [7, 11) is 0. The first-order valence-corrected chi connectivity index (χ1v) is 9.65. The lowest BCUT2D eigenvalue weighted by molar-refractivity contribution is 0.161. The van der Waals surface area contributed by atoms with Crippen molar-refractivity contribution in [2.75, 3.05) is 0 Å². The molecule has 0 saturated heterocycles. The summed E-state index contributed by atoms with van der Waals surface area (Å²) in [5, 5.41) is 0. The van der Waals surface area contributed by atoms with Crippen LogP contribution in [0.1, 0.15) is 69.8 Å². The van der Waals surface area contributed by atoms with Crippen molar-refractivity contribution in [1.82, 2.24) is 4.90 Å². The van der Waals surface area contributed by atoms with Gasteiger partial charge in [0.15, 0.2) is 0 Å². The Morgan fingerprint density at radius 1 is 0.818 bits per heavy atom. The van der Waals surface area contributed by atoms with Gasteiger partial charge in [-0.05, 0) is 25.7 Å². The van der Waals surface area contributed by atoms with Crippen LogP contribution < -0.4 is 0 Å². The van der Waals surface area contributed by atoms with Gasteiger partial charge in [0, 0.05) is 17.6 Å². The monoisotopic (exact) mass is 317 g/mol. The molecule has 3 heteroatoms. The predicted molar refractivity (Wildman–Crippen MR) is 94.3 cm³/mol. The molecule has 0 unspecified atom stereocenters. The normalized spacial score (nSPS) is 21.0. The molecule has 0 heterocycles. The number of rotatable bonds is 3. The van der Waals surface area contributed by atoms with Gasteiger partial charge in [0.25, 0.3) is 0 Å². The molecule has 0 spiro atoms. The lowest BCUT2D eigenvalue weighted by Gasteiger charge is -2.41. The largest absolute Gasteiger partial charge is 0.257 e. The molecule has 0 amide bonds. The first kappa shape index (κ1) is 15.9. The van der Waals surface area contributed by atoms with E-state index in [2.05, 4.69) is 17.0 Å². The zero-order valence-electron chi connectivity index (χ0n) is 13.4. The third-order valence-corrected chi connectivity index (χ3v) is 5.87. The zero-order chi connectivity index (χ0) is 15.2. The van der Waals surface area contributed by atoms with Gasteiger partial charge in [-0.3, -0.25) is 4.90 Å². The Hall–Kier alpha value is -0.930. The van der Waals surface area contributed by atoms with Crippen LogP contribution in [0.25, 0.3) is 0 Å². The molecule has 0 aliphatic heterocycles. The van der Waals surface area contributed by atoms with E-state index in [-0.39, 0.29) is 0 Å². The Bertz CT molecular complexity index is 493. The van der Waals surface area contributed by atoms with E-state index in [1.165, 1.54) is 64.2 Å². The molecular formula is C19H27NOS. The first-order valence-electron chi connectivity index (χ1n) is 8.90. The summed E-state index contributed by atoms with van der Waals surface area (Å²) in [6.45, 7) is 0. The maximum atomic E-state index is 12.0. The molecule has 0 radical (unpaired) electrons. The van der Waals surface area contributed by atoms with Crippen LogP contribution in [0.15, 0.2) is 30.3 Å². The molecule has 0 bridgehead atoms. The summed E-state index contributed by atoms with van der Waals surface area (Å²) in [4.78, 5) is 3.52. The highest BCUT2D eigenvalue weighted by atomic mass is 32.1. The van der Waals surface area contributed by atoms with Gasteiger partial charge in [-0.1, -0.05) is 68.9 Å². The summed E-state index contributed by atoms with van der Waals surface area (Å²) >= 11 is 0.711. The summed E-state index contributed by atoms with van der Waals surface area (Å²) in [6, 6.07) is 11.5. The van der Waals surface area contributed by atoms with E-state index in [9.17, 15) is 4.21 Å². The molecule has 3 rings (SSSR count). The number of hydrogen-bond donors (Lipinski definition) is 0. The Kier molecular flexibility index (Phi) is 5.85. The summed E-state index contributed by atoms with van der Waals surface area (Å²) in [6.07, 6.45) is 13.0. The van der Waals surface area contributed by atoms with E-state index in [0.29, 0.717) is 23.3 Å². The smallest absolute Gasteiger partial charge is 0.120 e. The maximum Gasteiger partial charge on any atom is 0.120 e. The summed E-state index contributed by atoms with van der Waals surface area (Å²) in [5.41, 5.74) is 1.11. The molecule has 2 aliphatic carbocycles. The standard InChI is InChI=1S/C19H27NOS/c21-22-19(16-10-4-1-5-11-16)20(17-12-6-2-7-13-17)18-14-8-3-9-15-18/h1,4-5,10-11,17-18H,2-3,6-9,12-15H2. The van der Waals surface area contributed by atoms with Gasteiger partial charge in [0.2, 0.25) is 0 Å². The number of hydrogen-bond acceptors (Lipinski definition) is 1. The van der Waals surface area contributed by atoms with Gasteiger partial charge in [-0.25, -0.2) is 4.21 Å². The Morgan fingerprint density at radius 2 is 1.32 bits per heavy atom. The Balaban J connectivity index is 1.90. The van der Waals surface area contributed by atoms with Crippen molar-refractivity contribution in [2.24, 2.45) is 0 Å². The summed E-state index contributed by atoms with van der Waals surface area (Å²) in [5.74, 6) is 0. The van der Waals surface area contributed by atoms with Gasteiger partial charge in [-0.2, -0.15) is 0 Å². The maximum absolute atomic E-state index is 12.0. The molecule has 0 aromatic heterocycles. The van der Waals surface area contributed by atoms with Crippen molar-refractivity contribution in [3.63, 3.8) is 0 Å². The number of nitrogens with zero attached hydrogens (tertiary/aromatic N) is 1. The van der Waals surface area contributed by atoms with Crippen LogP contribution >= 0.6 is 0 Å². The third-order valence-electron chi connectivity index (χ3n) is 5.27. The van der Waals surface area contributed by atoms with Crippen LogP contribution in [0.4, 0.5) is 0 Å². The number of benzene rings is 1. The molecule has 2 nitrogen and oxygen atoms in total. The average molecular weight is 317 g/mol. The molecule has 2 aliphatic rings. The van der Waals surface area contributed by atoms with Crippen molar-refractivity contribution >= 4 is 16.2 Å². The second-order valence-corrected chi connectivity index (χ2v) is 7.30. The lowest BCUT2D eigenvalue weighted by Crippen LogP contribution is -2.49. The van der Waals surface area contributed by atoms with Crippen LogP contribution in [0.2, 0.25) is 0 Å². The second-order valence-electron chi connectivity index (χ2n) is 6.75. The fraction of sp³-hybridized carbons (Fsp3) is 0.632. The molecule has 1 aromatic carbocycles. The molecule has 120 valence electrons. The molecular weight excluding hydrogens is 290 g/mol. The van der Waals surface area contributed by atoms with Crippen LogP contribution in [0, 0.1) is 0 Å². The quantitative estimate of drug-likeness (QED) is 0.773. The topological polar surface area (TPSA) is 20.3 Å². The van der Waals surface area contributed by atoms with Gasteiger partial charge in [0.05, 0.1) is 0 Å². The van der Waals surface area contributed by atoms with Crippen molar-refractivity contribution in [3.05, 3.63) is 35.9 Å². The highest BCUT2D eigenvalue weighted by molar-refractivity contribution is 7.66. The molecule has 2 fully saturated rings. The Labute approximate surface area is 138 Å². The van der Waals surface area contributed by atoms with E-state index in [4.69, 9.17) is 0 Å². The van der Waals surface area contributed by atoms with Crippen LogP contribution in [-0.2, 0) is 11.3 Å². The van der Waals surface area contributed by atoms with E-state index >= 15 is 0 Å². The Morgan fingerprint density at radius 3 is 1.77 bits per heavy atom. The second kappa shape index (κ2) is 8.07. The van der Waals surface area contributed by atoms with Gasteiger partial charge < -0.3 is 0 Å². The van der Waals surface area contributed by atoms with Crippen LogP contribution in [0.3, 0.4) is 0 Å². The minimum atomic E-state index is 0.577. The minimum Gasteiger partial charge on any atom is -0.257 e. The van der Waals surface area contributed by atoms with E-state index in [1.54, 1.807) is 0 Å². The molecule has 22 heavy (non-hydrogen) atoms. The highest BCUT2D eigenvalue weighted by Gasteiger charge is 2.32. The van der Waals surface area contributed by atoms with E-state index < -0.39 is 0 Å². The predicted octanol–water partition coefficient (Wildman–Crippen LogP) is 4.35. The van der Waals surface area contributed by atoms with E-state index in [0.717, 1.165) is 10.6 Å². The highest BCUT2D eigenvalue weighted by Crippen LogP contribution is 2.31. The fourth-order valence-electron chi connectivity index (χ4n) is 4.17. The zero-order valence-corrected chi connectivity index (χ0v) is 14.2. The molecule has 1 aromatic rings. The average Bonchev–Trinajstić information content (AvgIpc) is 2.62. The molecule has 2 saturated carbocycles. The van der Waals surface area contributed by atoms with E-state index in [1.807, 2.05) is 18.2 Å². The first-order chi connectivity index (χ1) is 10.9. The third kappa shape index (κ3) is 3.69. The fourth-order valence-corrected chi connectivity index (χ4v) is 4.79. The van der Waals surface area contributed by atoms with Gasteiger partial charge >= 0.3 is 0 Å². The van der Waals surface area contributed by atoms with Crippen molar-refractivity contribution < 1.29 is 4.21 Å². The van der Waals surface area contributed by atoms with Crippen molar-refractivity contribution in [2.45, 2.75) is 76.3 Å². The lowest BCUT2D eigenvalue weighted by atomic mass is 9.88. The minimum absolute atomic E-state index is 0.577. The summed E-state index contributed by atoms with van der Waals surface area (Å²) < 4.78 is 12.0. The molecule has 0 atom stereocenters.